The van der Waals surface area contributed by atoms with Gasteiger partial charge in [-0.1, -0.05) is 13.0 Å². The highest BCUT2D eigenvalue weighted by molar-refractivity contribution is 5.83. The Morgan fingerprint density at radius 3 is 2.40 bits per heavy atom. The second kappa shape index (κ2) is 6.21. The molecule has 1 unspecified atom stereocenters. The number of halogens is 3. The molecule has 0 amide bonds. The van der Waals surface area contributed by atoms with Crippen LogP contribution < -0.4 is 5.32 Å². The fourth-order valence-electron chi connectivity index (χ4n) is 2.11. The molecule has 0 spiro atoms. The SMILES string of the molecule is CCC(CNC)(C(=O)OC)c1ccc(C(F)(F)F)nc1. The molecule has 112 valence electrons. The summed E-state index contributed by atoms with van der Waals surface area (Å²) in [5.41, 5.74) is -1.63. The van der Waals surface area contributed by atoms with Crippen LogP contribution in [0.1, 0.15) is 24.6 Å². The summed E-state index contributed by atoms with van der Waals surface area (Å²) in [5.74, 6) is -0.504. The van der Waals surface area contributed by atoms with Gasteiger partial charge in [0.05, 0.1) is 7.11 Å². The summed E-state index contributed by atoms with van der Waals surface area (Å²) < 4.78 is 42.3. The van der Waals surface area contributed by atoms with E-state index in [-0.39, 0.29) is 6.54 Å². The van der Waals surface area contributed by atoms with Crippen molar-refractivity contribution < 1.29 is 22.7 Å². The number of aromatic nitrogens is 1. The van der Waals surface area contributed by atoms with Crippen molar-refractivity contribution in [2.75, 3.05) is 20.7 Å². The van der Waals surface area contributed by atoms with E-state index in [9.17, 15) is 18.0 Å². The van der Waals surface area contributed by atoms with Crippen LogP contribution in [0.2, 0.25) is 0 Å². The maximum Gasteiger partial charge on any atom is 0.433 e. The highest BCUT2D eigenvalue weighted by atomic mass is 19.4. The van der Waals surface area contributed by atoms with Crippen LogP contribution in [-0.4, -0.2) is 31.7 Å². The molecule has 0 bridgehead atoms. The van der Waals surface area contributed by atoms with Gasteiger partial charge in [-0.05, 0) is 25.1 Å². The second-order valence-corrected chi connectivity index (χ2v) is 4.39. The van der Waals surface area contributed by atoms with Gasteiger partial charge in [-0.25, -0.2) is 0 Å². The molecule has 0 saturated heterocycles. The van der Waals surface area contributed by atoms with Gasteiger partial charge >= 0.3 is 12.1 Å². The summed E-state index contributed by atoms with van der Waals surface area (Å²) in [6, 6.07) is 2.14. The van der Waals surface area contributed by atoms with Crippen molar-refractivity contribution in [2.45, 2.75) is 24.9 Å². The molecule has 0 aliphatic heterocycles. The maximum atomic E-state index is 12.5. The Labute approximate surface area is 115 Å². The summed E-state index contributed by atoms with van der Waals surface area (Å²) in [6.07, 6.45) is -3.03. The first-order chi connectivity index (χ1) is 9.31. The zero-order valence-corrected chi connectivity index (χ0v) is 11.5. The number of likely N-dealkylation sites (N-methyl/N-ethyl adjacent to an activating group) is 1. The maximum absolute atomic E-state index is 12.5. The normalized spacial score (nSPS) is 14.7. The topological polar surface area (TPSA) is 51.2 Å². The number of ether oxygens (including phenoxy) is 1. The molecule has 4 nitrogen and oxygen atoms in total. The molecule has 7 heteroatoms. The molecule has 20 heavy (non-hydrogen) atoms. The summed E-state index contributed by atoms with van der Waals surface area (Å²) >= 11 is 0. The third-order valence-electron chi connectivity index (χ3n) is 3.26. The van der Waals surface area contributed by atoms with Crippen LogP contribution >= 0.6 is 0 Å². The quantitative estimate of drug-likeness (QED) is 0.844. The fraction of sp³-hybridized carbons (Fsp3) is 0.538. The molecule has 1 rings (SSSR count). The highest BCUT2D eigenvalue weighted by Crippen LogP contribution is 2.32. The van der Waals surface area contributed by atoms with Gasteiger partial charge < -0.3 is 10.1 Å². The van der Waals surface area contributed by atoms with E-state index >= 15 is 0 Å². The van der Waals surface area contributed by atoms with E-state index in [4.69, 9.17) is 4.74 Å². The minimum atomic E-state index is -4.50. The van der Waals surface area contributed by atoms with Gasteiger partial charge in [0, 0.05) is 12.7 Å². The van der Waals surface area contributed by atoms with Crippen LogP contribution in [0.3, 0.4) is 0 Å². The van der Waals surface area contributed by atoms with Crippen LogP contribution in [0.15, 0.2) is 18.3 Å². The molecule has 0 aliphatic carbocycles. The van der Waals surface area contributed by atoms with Crippen molar-refractivity contribution in [3.8, 4) is 0 Å². The van der Waals surface area contributed by atoms with Crippen LogP contribution in [0.4, 0.5) is 13.2 Å². The first kappa shape index (κ1) is 16.4. The molecule has 0 aliphatic rings. The minimum Gasteiger partial charge on any atom is -0.468 e. The van der Waals surface area contributed by atoms with Gasteiger partial charge in [0.1, 0.15) is 11.1 Å². The predicted octanol–water partition coefficient (Wildman–Crippen LogP) is 2.14. The highest BCUT2D eigenvalue weighted by Gasteiger charge is 2.40. The number of rotatable bonds is 5. The number of nitrogens with one attached hydrogen (secondary N) is 1. The van der Waals surface area contributed by atoms with E-state index in [2.05, 4.69) is 10.3 Å². The molecule has 1 N–H and O–H groups in total. The van der Waals surface area contributed by atoms with Crippen molar-refractivity contribution in [1.29, 1.82) is 0 Å². The van der Waals surface area contributed by atoms with E-state index in [1.165, 1.54) is 13.2 Å². The van der Waals surface area contributed by atoms with Crippen LogP contribution in [0.25, 0.3) is 0 Å². The lowest BCUT2D eigenvalue weighted by Gasteiger charge is -2.30. The van der Waals surface area contributed by atoms with Gasteiger partial charge in [-0.2, -0.15) is 13.2 Å². The monoisotopic (exact) mass is 290 g/mol. The number of hydrogen-bond acceptors (Lipinski definition) is 4. The predicted molar refractivity (Wildman–Crippen MR) is 67.2 cm³/mol. The molecule has 1 heterocycles. The van der Waals surface area contributed by atoms with Crippen LogP contribution in [0.5, 0.6) is 0 Å². The molecule has 0 fully saturated rings. The van der Waals surface area contributed by atoms with Gasteiger partial charge in [-0.3, -0.25) is 9.78 Å². The lowest BCUT2D eigenvalue weighted by molar-refractivity contribution is -0.147. The third kappa shape index (κ3) is 3.09. The fourth-order valence-corrected chi connectivity index (χ4v) is 2.11. The lowest BCUT2D eigenvalue weighted by atomic mass is 9.78. The molecular weight excluding hydrogens is 273 g/mol. The van der Waals surface area contributed by atoms with E-state index in [1.807, 2.05) is 0 Å². The molecule has 0 radical (unpaired) electrons. The largest absolute Gasteiger partial charge is 0.468 e. The summed E-state index contributed by atoms with van der Waals surface area (Å²) in [5, 5.41) is 2.87. The van der Waals surface area contributed by atoms with Gasteiger partial charge in [0.2, 0.25) is 0 Å². The Morgan fingerprint density at radius 1 is 1.40 bits per heavy atom. The number of carbonyl (C=O) groups excluding carboxylic acids is 1. The average molecular weight is 290 g/mol. The Balaban J connectivity index is 3.25. The first-order valence-electron chi connectivity index (χ1n) is 6.08. The first-order valence-corrected chi connectivity index (χ1v) is 6.08. The Bertz CT molecular complexity index is 460. The van der Waals surface area contributed by atoms with E-state index in [0.717, 1.165) is 12.3 Å². The Hall–Kier alpha value is -1.63. The van der Waals surface area contributed by atoms with Crippen LogP contribution in [-0.2, 0) is 21.1 Å². The molecular formula is C13H17F3N2O2. The number of pyridine rings is 1. The number of methoxy groups -OCH3 is 1. The smallest absolute Gasteiger partial charge is 0.433 e. The molecule has 1 aromatic rings. The van der Waals surface area contributed by atoms with Gasteiger partial charge in [-0.15, -0.1) is 0 Å². The van der Waals surface area contributed by atoms with Gasteiger partial charge in [0.25, 0.3) is 0 Å². The summed E-state index contributed by atoms with van der Waals surface area (Å²) in [7, 11) is 2.91. The number of esters is 1. The zero-order valence-electron chi connectivity index (χ0n) is 11.5. The Morgan fingerprint density at radius 2 is 2.05 bits per heavy atom. The molecule has 1 aromatic heterocycles. The van der Waals surface area contributed by atoms with Crippen molar-refractivity contribution in [3.63, 3.8) is 0 Å². The number of carbonyl (C=O) groups is 1. The molecule has 1 atom stereocenters. The van der Waals surface area contributed by atoms with E-state index in [1.54, 1.807) is 14.0 Å². The molecule has 0 saturated carbocycles. The van der Waals surface area contributed by atoms with E-state index < -0.39 is 23.3 Å². The van der Waals surface area contributed by atoms with Gasteiger partial charge in [0.15, 0.2) is 0 Å². The summed E-state index contributed by atoms with van der Waals surface area (Å²) in [6.45, 7) is 2.02. The van der Waals surface area contributed by atoms with Crippen molar-refractivity contribution in [2.24, 2.45) is 0 Å². The minimum absolute atomic E-state index is 0.253. The average Bonchev–Trinajstić information content (AvgIpc) is 2.43. The standard InChI is InChI=1S/C13H17F3N2O2/c1-4-12(8-17-2,11(19)20-3)9-5-6-10(18-7-9)13(14,15)16/h5-7,17H,4,8H2,1-3H3. The number of alkyl halides is 3. The third-order valence-corrected chi connectivity index (χ3v) is 3.26. The second-order valence-electron chi connectivity index (χ2n) is 4.39. The van der Waals surface area contributed by atoms with Crippen molar-refractivity contribution in [3.05, 3.63) is 29.6 Å². The van der Waals surface area contributed by atoms with E-state index in [0.29, 0.717) is 12.0 Å². The summed E-state index contributed by atoms with van der Waals surface area (Å²) in [4.78, 5) is 15.4. The zero-order chi connectivity index (χ0) is 15.4. The number of hydrogen-bond donors (Lipinski definition) is 1. The lowest BCUT2D eigenvalue weighted by Crippen LogP contribution is -2.44. The van der Waals surface area contributed by atoms with Crippen LogP contribution in [0, 0.1) is 0 Å². The van der Waals surface area contributed by atoms with Crippen molar-refractivity contribution in [1.82, 2.24) is 10.3 Å². The Kier molecular flexibility index (Phi) is 5.10. The molecule has 0 aromatic carbocycles. The number of nitrogens with zero attached hydrogens (tertiary/aromatic N) is 1. The van der Waals surface area contributed by atoms with Crippen molar-refractivity contribution >= 4 is 5.97 Å².